The lowest BCUT2D eigenvalue weighted by molar-refractivity contribution is 0.357. The van der Waals surface area contributed by atoms with Crippen LogP contribution in [0.2, 0.25) is 0 Å². The molecule has 0 saturated heterocycles. The topological polar surface area (TPSA) is 12.4 Å². The number of hydrogen-bond donors (Lipinski definition) is 0. The Kier molecular flexibility index (Phi) is 5.50. The SMILES string of the molecule is C=C1C2=CC=CCC=C2C2=C(CC=CN=C2)[C@H]1C(CCC)CCC. The number of allylic oxidation sites excluding steroid dienone is 10. The Bertz CT molecular complexity index is 673. The summed E-state index contributed by atoms with van der Waals surface area (Å²) < 4.78 is 0. The second-order valence-electron chi connectivity index (χ2n) is 7.01. The first kappa shape index (κ1) is 17.0. The van der Waals surface area contributed by atoms with Crippen molar-refractivity contribution in [2.45, 2.75) is 52.4 Å². The Morgan fingerprint density at radius 2 is 1.96 bits per heavy atom. The van der Waals surface area contributed by atoms with Crippen LogP contribution >= 0.6 is 0 Å². The van der Waals surface area contributed by atoms with E-state index < -0.39 is 0 Å². The second-order valence-corrected chi connectivity index (χ2v) is 7.01. The minimum atomic E-state index is 0.462. The van der Waals surface area contributed by atoms with Gasteiger partial charge in [0.05, 0.1) is 0 Å². The third-order valence-electron chi connectivity index (χ3n) is 5.40. The van der Waals surface area contributed by atoms with E-state index in [9.17, 15) is 0 Å². The number of fused-ring (bicyclic) bond motifs is 2. The average Bonchev–Trinajstić information content (AvgIpc) is 2.95. The summed E-state index contributed by atoms with van der Waals surface area (Å²) in [4.78, 5) is 4.51. The molecule has 0 N–H and O–H groups in total. The highest BCUT2D eigenvalue weighted by Gasteiger charge is 2.35. The van der Waals surface area contributed by atoms with E-state index >= 15 is 0 Å². The summed E-state index contributed by atoms with van der Waals surface area (Å²) >= 11 is 0. The van der Waals surface area contributed by atoms with Gasteiger partial charge < -0.3 is 0 Å². The molecule has 1 atom stereocenters. The molecule has 3 rings (SSSR count). The van der Waals surface area contributed by atoms with E-state index in [0.717, 1.165) is 12.8 Å². The van der Waals surface area contributed by atoms with Crippen molar-refractivity contribution in [1.29, 1.82) is 0 Å². The van der Waals surface area contributed by atoms with Crippen LogP contribution in [-0.4, -0.2) is 6.21 Å². The minimum absolute atomic E-state index is 0.462. The van der Waals surface area contributed by atoms with Gasteiger partial charge in [0.2, 0.25) is 0 Å². The Morgan fingerprint density at radius 3 is 2.71 bits per heavy atom. The molecule has 0 aromatic rings. The quantitative estimate of drug-likeness (QED) is 0.549. The Morgan fingerprint density at radius 1 is 1.17 bits per heavy atom. The molecule has 0 aromatic carbocycles. The molecule has 1 nitrogen and oxygen atoms in total. The molecule has 126 valence electrons. The molecule has 0 saturated carbocycles. The van der Waals surface area contributed by atoms with Crippen LogP contribution in [0.15, 0.2) is 76.0 Å². The zero-order chi connectivity index (χ0) is 16.9. The Balaban J connectivity index is 2.14. The monoisotopic (exact) mass is 319 g/mol. The lowest BCUT2D eigenvalue weighted by Crippen LogP contribution is -2.26. The first-order valence-corrected chi connectivity index (χ1v) is 9.46. The summed E-state index contributed by atoms with van der Waals surface area (Å²) in [6.45, 7) is 9.19. The van der Waals surface area contributed by atoms with Crippen LogP contribution in [0.5, 0.6) is 0 Å². The van der Waals surface area contributed by atoms with Crippen LogP contribution in [0.1, 0.15) is 52.4 Å². The molecule has 0 bridgehead atoms. The van der Waals surface area contributed by atoms with E-state index in [1.807, 2.05) is 6.20 Å². The van der Waals surface area contributed by atoms with Gasteiger partial charge in [-0.2, -0.15) is 0 Å². The van der Waals surface area contributed by atoms with Crippen molar-refractivity contribution in [2.75, 3.05) is 0 Å². The van der Waals surface area contributed by atoms with E-state index in [4.69, 9.17) is 0 Å². The van der Waals surface area contributed by atoms with Crippen molar-refractivity contribution in [3.05, 3.63) is 71.0 Å². The number of rotatable bonds is 5. The fraction of sp³-hybridized carbons (Fsp3) is 0.435. The molecule has 1 aliphatic heterocycles. The van der Waals surface area contributed by atoms with Crippen LogP contribution in [-0.2, 0) is 0 Å². The highest BCUT2D eigenvalue weighted by atomic mass is 14.7. The summed E-state index contributed by atoms with van der Waals surface area (Å²) in [7, 11) is 0. The van der Waals surface area contributed by atoms with Crippen molar-refractivity contribution in [3.63, 3.8) is 0 Å². The van der Waals surface area contributed by atoms with Gasteiger partial charge in [-0.3, -0.25) is 4.99 Å². The first-order chi connectivity index (χ1) is 11.8. The summed E-state index contributed by atoms with van der Waals surface area (Å²) in [5.41, 5.74) is 6.88. The maximum atomic E-state index is 4.58. The molecule has 0 amide bonds. The molecule has 0 spiro atoms. The van der Waals surface area contributed by atoms with Gasteiger partial charge in [-0.25, -0.2) is 0 Å². The molecule has 0 radical (unpaired) electrons. The van der Waals surface area contributed by atoms with Crippen molar-refractivity contribution in [2.24, 2.45) is 16.8 Å². The maximum Gasteiger partial charge on any atom is 0.0346 e. The molecule has 1 heterocycles. The van der Waals surface area contributed by atoms with Crippen molar-refractivity contribution < 1.29 is 0 Å². The summed E-state index contributed by atoms with van der Waals surface area (Å²) in [6, 6.07) is 0. The highest BCUT2D eigenvalue weighted by Crippen LogP contribution is 2.48. The molecule has 2 aliphatic carbocycles. The minimum Gasteiger partial charge on any atom is -0.264 e. The third kappa shape index (κ3) is 3.17. The number of nitrogens with zero attached hydrogens (tertiary/aromatic N) is 1. The van der Waals surface area contributed by atoms with Gasteiger partial charge in [0, 0.05) is 23.9 Å². The van der Waals surface area contributed by atoms with Crippen molar-refractivity contribution in [1.82, 2.24) is 0 Å². The van der Waals surface area contributed by atoms with E-state index in [-0.39, 0.29) is 0 Å². The summed E-state index contributed by atoms with van der Waals surface area (Å²) in [5, 5.41) is 0. The van der Waals surface area contributed by atoms with Crippen LogP contribution in [0.4, 0.5) is 0 Å². The molecule has 1 heteroatoms. The van der Waals surface area contributed by atoms with E-state index in [1.165, 1.54) is 53.5 Å². The molecule has 3 aliphatic rings. The lowest BCUT2D eigenvalue weighted by Gasteiger charge is -2.38. The normalized spacial score (nSPS) is 22.8. The first-order valence-electron chi connectivity index (χ1n) is 9.46. The van der Waals surface area contributed by atoms with Gasteiger partial charge in [0.1, 0.15) is 0 Å². The largest absolute Gasteiger partial charge is 0.264 e. The van der Waals surface area contributed by atoms with Crippen molar-refractivity contribution >= 4 is 6.21 Å². The summed E-state index contributed by atoms with van der Waals surface area (Å²) in [5.74, 6) is 1.15. The predicted octanol–water partition coefficient (Wildman–Crippen LogP) is 6.49. The van der Waals surface area contributed by atoms with E-state index in [1.54, 1.807) is 0 Å². The van der Waals surface area contributed by atoms with Gasteiger partial charge in [-0.15, -0.1) is 0 Å². The van der Waals surface area contributed by atoms with E-state index in [2.05, 4.69) is 62.0 Å². The van der Waals surface area contributed by atoms with Crippen LogP contribution in [0.25, 0.3) is 0 Å². The number of aliphatic imine (C=N–C) groups is 1. The number of hydrogen-bond acceptors (Lipinski definition) is 1. The molecular formula is C23H29N. The average molecular weight is 319 g/mol. The fourth-order valence-corrected chi connectivity index (χ4v) is 4.42. The third-order valence-corrected chi connectivity index (χ3v) is 5.40. The molecular weight excluding hydrogens is 290 g/mol. The maximum absolute atomic E-state index is 4.58. The smallest absolute Gasteiger partial charge is 0.0346 e. The standard InChI is InChI=1S/C23H29N/c1-4-10-18(11-5-2)23-17(3)19-12-7-6-8-13-20(19)22-16-24-15-9-14-21(22)23/h6-7,9,12-13,15-16,18,23H,3-5,8,10-11,14H2,1-2H3/t23-/m1/s1. The zero-order valence-corrected chi connectivity index (χ0v) is 15.1. The van der Waals surface area contributed by atoms with E-state index in [0.29, 0.717) is 11.8 Å². The predicted molar refractivity (Wildman–Crippen MR) is 105 cm³/mol. The fourth-order valence-electron chi connectivity index (χ4n) is 4.42. The molecule has 0 unspecified atom stereocenters. The lowest BCUT2D eigenvalue weighted by atomic mass is 9.66. The molecule has 0 aromatic heterocycles. The van der Waals surface area contributed by atoms with Gasteiger partial charge in [0.25, 0.3) is 0 Å². The van der Waals surface area contributed by atoms with Gasteiger partial charge >= 0.3 is 0 Å². The summed E-state index contributed by atoms with van der Waals surface area (Å²) in [6.07, 6.45) is 22.3. The van der Waals surface area contributed by atoms with Gasteiger partial charge in [-0.1, -0.05) is 63.6 Å². The molecule has 0 fully saturated rings. The Hall–Kier alpha value is -1.89. The van der Waals surface area contributed by atoms with Crippen molar-refractivity contribution in [3.8, 4) is 0 Å². The van der Waals surface area contributed by atoms with Gasteiger partial charge in [0.15, 0.2) is 0 Å². The second kappa shape index (κ2) is 7.79. The zero-order valence-electron chi connectivity index (χ0n) is 15.1. The van der Waals surface area contributed by atoms with Crippen LogP contribution < -0.4 is 0 Å². The Labute approximate surface area is 147 Å². The molecule has 24 heavy (non-hydrogen) atoms. The van der Waals surface area contributed by atoms with Gasteiger partial charge in [-0.05, 0) is 53.9 Å². The van der Waals surface area contributed by atoms with Crippen LogP contribution in [0, 0.1) is 11.8 Å². The highest BCUT2D eigenvalue weighted by molar-refractivity contribution is 5.92. The van der Waals surface area contributed by atoms with Crippen LogP contribution in [0.3, 0.4) is 0 Å².